The summed E-state index contributed by atoms with van der Waals surface area (Å²) in [4.78, 5) is 6.96. The number of ether oxygens (including phenoxy) is 1. The lowest BCUT2D eigenvalue weighted by Gasteiger charge is -2.38. The van der Waals surface area contributed by atoms with Crippen LogP contribution < -0.4 is 10.6 Å². The van der Waals surface area contributed by atoms with Crippen molar-refractivity contribution < 1.29 is 4.74 Å². The SMILES string of the molecule is CCOCCCCNC(=NC)NC1CCN(Cc2ccccc2)C(C)C1.I. The number of rotatable bonds is 9. The Morgan fingerprint density at radius 3 is 2.70 bits per heavy atom. The zero-order valence-corrected chi connectivity index (χ0v) is 19.4. The molecule has 0 aromatic heterocycles. The Hall–Kier alpha value is -0.860. The van der Waals surface area contributed by atoms with Crippen molar-refractivity contribution in [2.24, 2.45) is 4.99 Å². The predicted octanol–water partition coefficient (Wildman–Crippen LogP) is 3.64. The van der Waals surface area contributed by atoms with Gasteiger partial charge in [0.05, 0.1) is 0 Å². The number of hydrogen-bond donors (Lipinski definition) is 2. The first-order valence-corrected chi connectivity index (χ1v) is 10.1. The first kappa shape index (κ1) is 24.2. The Morgan fingerprint density at radius 2 is 2.04 bits per heavy atom. The predicted molar refractivity (Wildman–Crippen MR) is 125 cm³/mol. The molecule has 2 atom stereocenters. The van der Waals surface area contributed by atoms with Crippen molar-refractivity contribution in [1.82, 2.24) is 15.5 Å². The monoisotopic (exact) mass is 488 g/mol. The van der Waals surface area contributed by atoms with Gasteiger partial charge in [-0.2, -0.15) is 0 Å². The Bertz CT molecular complexity index is 526. The molecule has 1 aliphatic rings. The summed E-state index contributed by atoms with van der Waals surface area (Å²) in [5, 5.41) is 7.03. The summed E-state index contributed by atoms with van der Waals surface area (Å²) in [6.07, 6.45) is 4.50. The summed E-state index contributed by atoms with van der Waals surface area (Å²) >= 11 is 0. The highest BCUT2D eigenvalue weighted by Gasteiger charge is 2.25. The Kier molecular flexibility index (Phi) is 12.7. The second kappa shape index (κ2) is 14.2. The van der Waals surface area contributed by atoms with Crippen molar-refractivity contribution in [3.8, 4) is 0 Å². The summed E-state index contributed by atoms with van der Waals surface area (Å²) in [7, 11) is 1.85. The number of guanidine groups is 1. The number of aliphatic imine (C=N–C) groups is 1. The molecule has 2 rings (SSSR count). The number of nitrogens with one attached hydrogen (secondary N) is 2. The van der Waals surface area contributed by atoms with Crippen LogP contribution in [-0.4, -0.2) is 56.3 Å². The van der Waals surface area contributed by atoms with Gasteiger partial charge < -0.3 is 15.4 Å². The van der Waals surface area contributed by atoms with Gasteiger partial charge in [-0.25, -0.2) is 0 Å². The van der Waals surface area contributed by atoms with Gasteiger partial charge in [0.15, 0.2) is 5.96 Å². The minimum absolute atomic E-state index is 0. The highest BCUT2D eigenvalue weighted by Crippen LogP contribution is 2.19. The van der Waals surface area contributed by atoms with E-state index < -0.39 is 0 Å². The van der Waals surface area contributed by atoms with Crippen molar-refractivity contribution in [2.75, 3.05) is 33.4 Å². The summed E-state index contributed by atoms with van der Waals surface area (Å²) in [5.41, 5.74) is 1.40. The van der Waals surface area contributed by atoms with Crippen LogP contribution in [0.25, 0.3) is 0 Å². The van der Waals surface area contributed by atoms with E-state index in [1.54, 1.807) is 0 Å². The quantitative estimate of drug-likeness (QED) is 0.241. The fraction of sp³-hybridized carbons (Fsp3) is 0.667. The molecule has 0 spiro atoms. The highest BCUT2D eigenvalue weighted by molar-refractivity contribution is 14.0. The van der Waals surface area contributed by atoms with E-state index in [0.29, 0.717) is 12.1 Å². The molecule has 2 unspecified atom stereocenters. The molecule has 2 N–H and O–H groups in total. The van der Waals surface area contributed by atoms with E-state index in [-0.39, 0.29) is 24.0 Å². The number of unbranched alkanes of at least 4 members (excludes halogenated alkanes) is 1. The van der Waals surface area contributed by atoms with E-state index in [0.717, 1.165) is 64.5 Å². The normalized spacial score (nSPS) is 20.8. The number of hydrogen-bond acceptors (Lipinski definition) is 3. The van der Waals surface area contributed by atoms with E-state index in [2.05, 4.69) is 57.8 Å². The first-order valence-electron chi connectivity index (χ1n) is 10.1. The van der Waals surface area contributed by atoms with E-state index >= 15 is 0 Å². The fourth-order valence-electron chi connectivity index (χ4n) is 3.47. The molecule has 1 saturated heterocycles. The van der Waals surface area contributed by atoms with Gasteiger partial charge >= 0.3 is 0 Å². The zero-order chi connectivity index (χ0) is 18.6. The molecule has 6 heteroatoms. The molecule has 1 aromatic carbocycles. The number of likely N-dealkylation sites (tertiary alicyclic amines) is 1. The Balaban J connectivity index is 0.00000364. The van der Waals surface area contributed by atoms with Crippen LogP contribution in [0.4, 0.5) is 0 Å². The molecule has 1 aliphatic heterocycles. The molecular weight excluding hydrogens is 451 g/mol. The van der Waals surface area contributed by atoms with E-state index in [4.69, 9.17) is 4.74 Å². The number of piperidine rings is 1. The second-order valence-corrected chi connectivity index (χ2v) is 7.07. The highest BCUT2D eigenvalue weighted by atomic mass is 127. The Morgan fingerprint density at radius 1 is 1.26 bits per heavy atom. The van der Waals surface area contributed by atoms with Gasteiger partial charge in [-0.15, -0.1) is 24.0 Å². The average Bonchev–Trinajstić information content (AvgIpc) is 2.66. The number of nitrogens with zero attached hydrogens (tertiary/aromatic N) is 2. The zero-order valence-electron chi connectivity index (χ0n) is 17.1. The molecule has 1 aromatic rings. The molecular formula is C21H37IN4O. The van der Waals surface area contributed by atoms with Crippen molar-refractivity contribution in [2.45, 2.75) is 58.2 Å². The lowest BCUT2D eigenvalue weighted by molar-refractivity contribution is 0.134. The molecule has 0 aliphatic carbocycles. The average molecular weight is 488 g/mol. The fourth-order valence-corrected chi connectivity index (χ4v) is 3.47. The van der Waals surface area contributed by atoms with E-state index in [1.807, 2.05) is 14.0 Å². The van der Waals surface area contributed by atoms with Crippen molar-refractivity contribution in [3.05, 3.63) is 35.9 Å². The van der Waals surface area contributed by atoms with Gasteiger partial charge in [0.2, 0.25) is 0 Å². The summed E-state index contributed by atoms with van der Waals surface area (Å²) < 4.78 is 5.37. The van der Waals surface area contributed by atoms with Gasteiger partial charge in [0.1, 0.15) is 0 Å². The molecule has 1 fully saturated rings. The largest absolute Gasteiger partial charge is 0.382 e. The maximum absolute atomic E-state index is 5.37. The third-order valence-electron chi connectivity index (χ3n) is 5.02. The molecule has 154 valence electrons. The molecule has 0 saturated carbocycles. The topological polar surface area (TPSA) is 48.9 Å². The van der Waals surface area contributed by atoms with Crippen LogP contribution in [0.1, 0.15) is 45.1 Å². The summed E-state index contributed by atoms with van der Waals surface area (Å²) in [6.45, 7) is 9.13. The van der Waals surface area contributed by atoms with Crippen LogP contribution >= 0.6 is 24.0 Å². The lowest BCUT2D eigenvalue weighted by atomic mass is 9.97. The van der Waals surface area contributed by atoms with Crippen LogP contribution in [0, 0.1) is 0 Å². The maximum Gasteiger partial charge on any atom is 0.191 e. The molecule has 27 heavy (non-hydrogen) atoms. The van der Waals surface area contributed by atoms with Crippen molar-refractivity contribution >= 4 is 29.9 Å². The van der Waals surface area contributed by atoms with Gasteiger partial charge in [-0.1, -0.05) is 30.3 Å². The van der Waals surface area contributed by atoms with Gasteiger partial charge in [-0.05, 0) is 45.1 Å². The number of halogens is 1. The van der Waals surface area contributed by atoms with Crippen molar-refractivity contribution in [3.63, 3.8) is 0 Å². The van der Waals surface area contributed by atoms with Crippen LogP contribution in [0.2, 0.25) is 0 Å². The van der Waals surface area contributed by atoms with E-state index in [1.165, 1.54) is 5.56 Å². The van der Waals surface area contributed by atoms with Crippen molar-refractivity contribution in [1.29, 1.82) is 0 Å². The molecule has 0 bridgehead atoms. The standard InChI is InChI=1S/C21H36N4O.HI/c1-4-26-15-9-8-13-23-21(22-3)24-20-12-14-25(18(2)16-20)17-19-10-6-5-7-11-19;/h5-7,10-11,18,20H,4,8-9,12-17H2,1-3H3,(H2,22,23,24);1H. The molecule has 0 amide bonds. The lowest BCUT2D eigenvalue weighted by Crippen LogP contribution is -2.51. The van der Waals surface area contributed by atoms with Gasteiger partial charge in [-0.3, -0.25) is 9.89 Å². The third-order valence-corrected chi connectivity index (χ3v) is 5.02. The number of benzene rings is 1. The van der Waals surface area contributed by atoms with E-state index in [9.17, 15) is 0 Å². The molecule has 0 radical (unpaired) electrons. The third kappa shape index (κ3) is 9.25. The Labute approximate surface area is 182 Å². The minimum Gasteiger partial charge on any atom is -0.382 e. The van der Waals surface area contributed by atoms with Gasteiger partial charge in [0.25, 0.3) is 0 Å². The maximum atomic E-state index is 5.37. The minimum atomic E-state index is 0. The van der Waals surface area contributed by atoms with Crippen LogP contribution in [0.3, 0.4) is 0 Å². The van der Waals surface area contributed by atoms with Crippen LogP contribution in [0.5, 0.6) is 0 Å². The molecule has 1 heterocycles. The molecule has 5 nitrogen and oxygen atoms in total. The smallest absolute Gasteiger partial charge is 0.191 e. The van der Waals surface area contributed by atoms with Gasteiger partial charge in [0, 0.05) is 52.0 Å². The summed E-state index contributed by atoms with van der Waals surface area (Å²) in [5.74, 6) is 0.926. The van der Waals surface area contributed by atoms with Crippen LogP contribution in [-0.2, 0) is 11.3 Å². The summed E-state index contributed by atoms with van der Waals surface area (Å²) in [6, 6.07) is 11.8. The second-order valence-electron chi connectivity index (χ2n) is 7.07. The first-order chi connectivity index (χ1) is 12.7. The van der Waals surface area contributed by atoms with Crippen LogP contribution in [0.15, 0.2) is 35.3 Å².